The minimum Gasteiger partial charge on any atom is -0.365 e. The molecule has 0 atom stereocenters. The van der Waals surface area contributed by atoms with Gasteiger partial charge in [0, 0.05) is 44.4 Å². The number of piperazine rings is 1. The Hall–Kier alpha value is -3.20. The van der Waals surface area contributed by atoms with E-state index in [9.17, 15) is 9.59 Å². The lowest BCUT2D eigenvalue weighted by Crippen LogP contribution is -2.49. The monoisotopic (exact) mass is 484 g/mol. The van der Waals surface area contributed by atoms with Crippen LogP contribution in [0.15, 0.2) is 45.8 Å². The predicted molar refractivity (Wildman–Crippen MR) is 130 cm³/mol. The first-order valence-corrected chi connectivity index (χ1v) is 11.8. The summed E-state index contributed by atoms with van der Waals surface area (Å²) in [6.45, 7) is 8.38. The highest BCUT2D eigenvalue weighted by Crippen LogP contribution is 2.23. The van der Waals surface area contributed by atoms with Crippen molar-refractivity contribution < 1.29 is 9.32 Å². The third-order valence-electron chi connectivity index (χ3n) is 5.79. The van der Waals surface area contributed by atoms with E-state index in [4.69, 9.17) is 16.1 Å². The molecule has 0 N–H and O–H groups in total. The summed E-state index contributed by atoms with van der Waals surface area (Å²) in [5.74, 6) is 1.34. The second-order valence-electron chi connectivity index (χ2n) is 9.38. The van der Waals surface area contributed by atoms with Gasteiger partial charge < -0.3 is 14.3 Å². The summed E-state index contributed by atoms with van der Waals surface area (Å²) in [6.07, 6.45) is 3.26. The average molecular weight is 485 g/mol. The van der Waals surface area contributed by atoms with E-state index in [1.54, 1.807) is 18.3 Å². The molecule has 1 fully saturated rings. The molecule has 3 aromatic rings. The number of carbonyl (C=O) groups excluding carboxylic acids is 1. The van der Waals surface area contributed by atoms with Crippen molar-refractivity contribution in [1.82, 2.24) is 24.8 Å². The molecule has 0 bridgehead atoms. The van der Waals surface area contributed by atoms with Gasteiger partial charge in [-0.15, -0.1) is 0 Å². The molecule has 0 unspecified atom stereocenters. The molecular weight excluding hydrogens is 456 g/mol. The number of aromatic nitrogens is 4. The molecule has 1 aliphatic heterocycles. The van der Waals surface area contributed by atoms with Crippen LogP contribution in [0.25, 0.3) is 5.69 Å². The normalized spacial score (nSPS) is 14.5. The number of halogens is 1. The first-order chi connectivity index (χ1) is 16.2. The van der Waals surface area contributed by atoms with Crippen LogP contribution in [-0.2, 0) is 16.6 Å². The van der Waals surface area contributed by atoms with E-state index in [2.05, 4.69) is 15.2 Å². The highest BCUT2D eigenvalue weighted by molar-refractivity contribution is 6.33. The number of amides is 1. The summed E-state index contributed by atoms with van der Waals surface area (Å²) in [6, 6.07) is 9.16. The largest absolute Gasteiger partial charge is 0.365 e. The number of carbonyl (C=O) groups is 1. The third kappa shape index (κ3) is 5.30. The van der Waals surface area contributed by atoms with Crippen LogP contribution in [0.3, 0.4) is 0 Å². The van der Waals surface area contributed by atoms with Crippen molar-refractivity contribution >= 4 is 23.2 Å². The molecule has 34 heavy (non-hydrogen) atoms. The fourth-order valence-corrected chi connectivity index (χ4v) is 4.05. The van der Waals surface area contributed by atoms with Crippen LogP contribution in [0, 0.1) is 0 Å². The maximum atomic E-state index is 12.8. The molecule has 4 rings (SSSR count). The van der Waals surface area contributed by atoms with Crippen molar-refractivity contribution in [2.24, 2.45) is 0 Å². The zero-order valence-corrected chi connectivity index (χ0v) is 20.5. The number of hydrogen-bond acceptors (Lipinski definition) is 7. The van der Waals surface area contributed by atoms with Crippen LogP contribution in [0.4, 0.5) is 5.69 Å². The first kappa shape index (κ1) is 23.9. The zero-order valence-electron chi connectivity index (χ0n) is 19.7. The minimum atomic E-state index is -0.362. The van der Waals surface area contributed by atoms with Crippen molar-refractivity contribution in [3.63, 3.8) is 0 Å². The van der Waals surface area contributed by atoms with Gasteiger partial charge >= 0.3 is 0 Å². The Bertz CT molecular complexity index is 1190. The molecule has 3 heterocycles. The van der Waals surface area contributed by atoms with Crippen molar-refractivity contribution in [3.8, 4) is 5.69 Å². The Morgan fingerprint density at radius 2 is 1.82 bits per heavy atom. The van der Waals surface area contributed by atoms with Crippen LogP contribution in [-0.4, -0.2) is 56.9 Å². The zero-order chi connectivity index (χ0) is 24.3. The predicted octanol–water partition coefficient (Wildman–Crippen LogP) is 3.24. The topological polar surface area (TPSA) is 97.4 Å². The van der Waals surface area contributed by atoms with Crippen molar-refractivity contribution in [2.75, 3.05) is 31.1 Å². The van der Waals surface area contributed by atoms with Gasteiger partial charge in [0.15, 0.2) is 5.82 Å². The van der Waals surface area contributed by atoms with Gasteiger partial charge in [0.2, 0.25) is 11.8 Å². The van der Waals surface area contributed by atoms with E-state index in [0.717, 1.165) is 0 Å². The SMILES string of the molecule is CC(C)(C)c1noc(CCCC(=O)N2CCN(c3cnn(-c4ccccc4)c(=O)c3Cl)CC2)n1. The number of hydrogen-bond donors (Lipinski definition) is 0. The van der Waals surface area contributed by atoms with Gasteiger partial charge in [0.25, 0.3) is 5.56 Å². The van der Waals surface area contributed by atoms with Gasteiger partial charge in [0.05, 0.1) is 17.6 Å². The molecule has 180 valence electrons. The Morgan fingerprint density at radius 3 is 2.47 bits per heavy atom. The molecule has 0 aliphatic carbocycles. The Balaban J connectivity index is 1.30. The van der Waals surface area contributed by atoms with Gasteiger partial charge in [0.1, 0.15) is 5.02 Å². The van der Waals surface area contributed by atoms with Gasteiger partial charge in [-0.3, -0.25) is 9.59 Å². The van der Waals surface area contributed by atoms with E-state index >= 15 is 0 Å². The number of nitrogens with zero attached hydrogens (tertiary/aromatic N) is 6. The summed E-state index contributed by atoms with van der Waals surface area (Å²) >= 11 is 6.42. The molecular formula is C24H29ClN6O3. The van der Waals surface area contributed by atoms with Crippen molar-refractivity contribution in [3.05, 3.63) is 63.6 Å². The lowest BCUT2D eigenvalue weighted by Gasteiger charge is -2.36. The van der Waals surface area contributed by atoms with Gasteiger partial charge in [-0.2, -0.15) is 14.8 Å². The molecule has 10 heteroatoms. The second-order valence-corrected chi connectivity index (χ2v) is 9.76. The molecule has 1 amide bonds. The quantitative estimate of drug-likeness (QED) is 0.529. The standard InChI is InChI=1S/C24H29ClN6O3/c1-24(2,3)23-27-19(34-28-23)10-7-11-20(32)30-14-12-29(13-15-30)18-16-26-31(22(33)21(18)25)17-8-5-4-6-9-17/h4-6,8-9,16H,7,10-15H2,1-3H3. The van der Waals surface area contributed by atoms with E-state index < -0.39 is 0 Å². The van der Waals surface area contributed by atoms with Crippen LogP contribution >= 0.6 is 11.6 Å². The smallest absolute Gasteiger partial charge is 0.292 e. The van der Waals surface area contributed by atoms with Gasteiger partial charge in [-0.1, -0.05) is 55.7 Å². The average Bonchev–Trinajstić information content (AvgIpc) is 3.31. The highest BCUT2D eigenvalue weighted by atomic mass is 35.5. The van der Waals surface area contributed by atoms with Crippen LogP contribution in [0.5, 0.6) is 0 Å². The van der Waals surface area contributed by atoms with Gasteiger partial charge in [-0.05, 0) is 18.6 Å². The number of anilines is 1. The molecule has 0 saturated carbocycles. The number of benzene rings is 1. The maximum absolute atomic E-state index is 12.8. The molecule has 1 aliphatic rings. The van der Waals surface area contributed by atoms with Crippen molar-refractivity contribution in [1.29, 1.82) is 0 Å². The fourth-order valence-electron chi connectivity index (χ4n) is 3.80. The van der Waals surface area contributed by atoms with E-state index in [1.165, 1.54) is 4.68 Å². The van der Waals surface area contributed by atoms with E-state index in [1.807, 2.05) is 48.8 Å². The fraction of sp³-hybridized carbons (Fsp3) is 0.458. The summed E-state index contributed by atoms with van der Waals surface area (Å²) in [4.78, 5) is 33.7. The van der Waals surface area contributed by atoms with Crippen LogP contribution in [0.1, 0.15) is 45.3 Å². The lowest BCUT2D eigenvalue weighted by atomic mass is 9.96. The molecule has 1 aromatic carbocycles. The second kappa shape index (κ2) is 9.97. The molecule has 1 saturated heterocycles. The van der Waals surface area contributed by atoms with Crippen LogP contribution < -0.4 is 10.5 Å². The number of aryl methyl sites for hydroxylation is 1. The number of para-hydroxylation sites is 1. The van der Waals surface area contributed by atoms with Crippen molar-refractivity contribution in [2.45, 2.75) is 45.4 Å². The van der Waals surface area contributed by atoms with Gasteiger partial charge in [-0.25, -0.2) is 0 Å². The number of rotatable bonds is 6. The van der Waals surface area contributed by atoms with E-state index in [0.29, 0.717) is 68.5 Å². The maximum Gasteiger partial charge on any atom is 0.292 e. The Labute approximate surface area is 203 Å². The Kier molecular flexibility index (Phi) is 7.02. The summed E-state index contributed by atoms with van der Waals surface area (Å²) < 4.78 is 6.59. The molecule has 2 aromatic heterocycles. The highest BCUT2D eigenvalue weighted by Gasteiger charge is 2.25. The minimum absolute atomic E-state index is 0.0962. The molecule has 0 spiro atoms. The first-order valence-electron chi connectivity index (χ1n) is 11.4. The molecule has 9 nitrogen and oxygen atoms in total. The third-order valence-corrected chi connectivity index (χ3v) is 6.15. The Morgan fingerprint density at radius 1 is 1.12 bits per heavy atom. The summed E-state index contributed by atoms with van der Waals surface area (Å²) in [5.41, 5.74) is 0.728. The lowest BCUT2D eigenvalue weighted by molar-refractivity contribution is -0.131. The molecule has 0 radical (unpaired) electrons. The van der Waals surface area contributed by atoms with E-state index in [-0.39, 0.29) is 21.9 Å². The van der Waals surface area contributed by atoms with Crippen LogP contribution in [0.2, 0.25) is 5.02 Å². The summed E-state index contributed by atoms with van der Waals surface area (Å²) in [5, 5.41) is 8.46. The summed E-state index contributed by atoms with van der Waals surface area (Å²) in [7, 11) is 0.